The fourth-order valence-electron chi connectivity index (χ4n) is 4.05. The van der Waals surface area contributed by atoms with Crippen LogP contribution in [0, 0.1) is 0 Å². The van der Waals surface area contributed by atoms with E-state index in [1.165, 1.54) is 21.9 Å². The normalized spacial score (nSPS) is 18.5. The third-order valence-corrected chi connectivity index (χ3v) is 5.41. The summed E-state index contributed by atoms with van der Waals surface area (Å²) in [6.07, 6.45) is 0.843. The maximum atomic E-state index is 5.93. The van der Waals surface area contributed by atoms with Gasteiger partial charge in [0.2, 0.25) is 11.9 Å². The van der Waals surface area contributed by atoms with Crippen molar-refractivity contribution in [1.82, 2.24) is 14.8 Å². The minimum Gasteiger partial charge on any atom is -0.497 e. The quantitative estimate of drug-likeness (QED) is 0.565. The Morgan fingerprint density at radius 3 is 2.64 bits per heavy atom. The molecule has 28 heavy (non-hydrogen) atoms. The second-order valence-corrected chi connectivity index (χ2v) is 7.03. The van der Waals surface area contributed by atoms with Gasteiger partial charge in [-0.1, -0.05) is 54.6 Å². The summed E-state index contributed by atoms with van der Waals surface area (Å²) in [7, 11) is 1.68. The van der Waals surface area contributed by atoms with Crippen molar-refractivity contribution in [3.63, 3.8) is 0 Å². The highest BCUT2D eigenvalue weighted by atomic mass is 16.5. The third-order valence-electron chi connectivity index (χ3n) is 5.41. The van der Waals surface area contributed by atoms with Crippen LogP contribution in [0.15, 0.2) is 66.7 Å². The van der Waals surface area contributed by atoms with Crippen LogP contribution in [0.5, 0.6) is 5.75 Å². The first-order valence-electron chi connectivity index (χ1n) is 9.33. The van der Waals surface area contributed by atoms with E-state index in [2.05, 4.69) is 70.0 Å². The number of nitrogens with two attached hydrogens (primary N) is 1. The summed E-state index contributed by atoms with van der Waals surface area (Å²) >= 11 is 0. The molecule has 1 aliphatic heterocycles. The van der Waals surface area contributed by atoms with Crippen molar-refractivity contribution >= 4 is 22.7 Å². The molecule has 1 aromatic heterocycles. The number of fused-ring (bicyclic) bond motifs is 2. The standard InChI is InChI=1S/C22H21N5O/c1-28-16-11-9-15(10-12-16)19-13-20(27-22(24-19)25-21(23)26-27)18-8-4-6-14-5-2-3-7-17(14)18/h2-12,19-20H,13H2,1H3,(H3,23,24,25,26)/t19-,20-/m0/s1. The smallest absolute Gasteiger partial charge is 0.241 e. The molecule has 0 unspecified atom stereocenters. The zero-order chi connectivity index (χ0) is 19.1. The molecule has 0 bridgehead atoms. The van der Waals surface area contributed by atoms with Crippen LogP contribution >= 0.6 is 0 Å². The lowest BCUT2D eigenvalue weighted by Crippen LogP contribution is -2.28. The minimum atomic E-state index is 0.0410. The molecule has 0 saturated carbocycles. The van der Waals surface area contributed by atoms with E-state index in [0.29, 0.717) is 5.95 Å². The van der Waals surface area contributed by atoms with Gasteiger partial charge in [0.1, 0.15) is 5.75 Å². The number of methoxy groups -OCH3 is 1. The molecule has 4 aromatic rings. The molecule has 0 saturated heterocycles. The van der Waals surface area contributed by atoms with Gasteiger partial charge in [0.25, 0.3) is 0 Å². The average molecular weight is 371 g/mol. The molecular formula is C22H21N5O. The van der Waals surface area contributed by atoms with Gasteiger partial charge < -0.3 is 15.8 Å². The van der Waals surface area contributed by atoms with Gasteiger partial charge in [0.05, 0.1) is 19.2 Å². The topological polar surface area (TPSA) is 78.0 Å². The zero-order valence-electron chi connectivity index (χ0n) is 15.5. The van der Waals surface area contributed by atoms with Crippen LogP contribution < -0.4 is 15.8 Å². The number of anilines is 2. The molecule has 2 heterocycles. The maximum Gasteiger partial charge on any atom is 0.241 e. The highest BCUT2D eigenvalue weighted by molar-refractivity contribution is 5.86. The molecule has 6 nitrogen and oxygen atoms in total. The Bertz CT molecular complexity index is 1130. The van der Waals surface area contributed by atoms with Crippen LogP contribution in [0.2, 0.25) is 0 Å². The first-order valence-corrected chi connectivity index (χ1v) is 9.33. The minimum absolute atomic E-state index is 0.0410. The molecule has 3 N–H and O–H groups in total. The molecule has 6 heteroatoms. The third kappa shape index (κ3) is 2.74. The Balaban J connectivity index is 1.61. The SMILES string of the molecule is COc1ccc([C@@H]2C[C@@H](c3cccc4ccccc34)n3nc(N)nc3N2)cc1. The first-order chi connectivity index (χ1) is 13.7. The van der Waals surface area contributed by atoms with Gasteiger partial charge in [-0.05, 0) is 40.5 Å². The van der Waals surface area contributed by atoms with Gasteiger partial charge in [0, 0.05) is 0 Å². The highest BCUT2D eigenvalue weighted by Crippen LogP contribution is 2.40. The van der Waals surface area contributed by atoms with Crippen LogP contribution in [0.25, 0.3) is 10.8 Å². The lowest BCUT2D eigenvalue weighted by atomic mass is 9.90. The van der Waals surface area contributed by atoms with E-state index >= 15 is 0 Å². The largest absolute Gasteiger partial charge is 0.497 e. The average Bonchev–Trinajstić information content (AvgIpc) is 3.13. The van der Waals surface area contributed by atoms with Gasteiger partial charge in [0.15, 0.2) is 0 Å². The predicted molar refractivity (Wildman–Crippen MR) is 110 cm³/mol. The number of benzene rings is 3. The van der Waals surface area contributed by atoms with E-state index in [9.17, 15) is 0 Å². The van der Waals surface area contributed by atoms with Crippen LogP contribution in [-0.4, -0.2) is 21.9 Å². The number of nitrogen functional groups attached to an aromatic ring is 1. The first kappa shape index (κ1) is 16.6. The lowest BCUT2D eigenvalue weighted by molar-refractivity contribution is 0.413. The Labute approximate surface area is 163 Å². The van der Waals surface area contributed by atoms with Crippen molar-refractivity contribution in [2.75, 3.05) is 18.2 Å². The molecule has 1 aliphatic rings. The number of nitrogens with zero attached hydrogens (tertiary/aromatic N) is 3. The summed E-state index contributed by atoms with van der Waals surface area (Å²) < 4.78 is 7.21. The number of rotatable bonds is 3. The van der Waals surface area contributed by atoms with Crippen LogP contribution in [0.1, 0.15) is 29.6 Å². The molecule has 2 atom stereocenters. The van der Waals surface area contributed by atoms with Crippen molar-refractivity contribution in [2.45, 2.75) is 18.5 Å². The predicted octanol–water partition coefficient (Wildman–Crippen LogP) is 4.17. The molecule has 5 rings (SSSR count). The molecule has 140 valence electrons. The van der Waals surface area contributed by atoms with E-state index in [0.717, 1.165) is 12.2 Å². The summed E-state index contributed by atoms with van der Waals surface area (Å²) in [5, 5.41) is 10.4. The maximum absolute atomic E-state index is 5.93. The summed E-state index contributed by atoms with van der Waals surface area (Å²) in [5.41, 5.74) is 8.34. The van der Waals surface area contributed by atoms with E-state index in [-0.39, 0.29) is 18.0 Å². The molecule has 0 amide bonds. The molecule has 0 radical (unpaired) electrons. The Morgan fingerprint density at radius 1 is 1.04 bits per heavy atom. The number of aromatic nitrogens is 3. The fourth-order valence-corrected chi connectivity index (χ4v) is 4.05. The molecule has 3 aromatic carbocycles. The number of ether oxygens (including phenoxy) is 1. The Hall–Kier alpha value is -3.54. The van der Waals surface area contributed by atoms with Gasteiger partial charge in [-0.15, -0.1) is 5.10 Å². The zero-order valence-corrected chi connectivity index (χ0v) is 15.5. The van der Waals surface area contributed by atoms with Gasteiger partial charge in [-0.25, -0.2) is 4.68 Å². The molecule has 0 spiro atoms. The van der Waals surface area contributed by atoms with Crippen molar-refractivity contribution in [2.24, 2.45) is 0 Å². The number of hydrogen-bond acceptors (Lipinski definition) is 5. The van der Waals surface area contributed by atoms with Crippen LogP contribution in [0.4, 0.5) is 11.9 Å². The summed E-state index contributed by atoms with van der Waals surface area (Å²) in [4.78, 5) is 4.41. The Morgan fingerprint density at radius 2 is 1.82 bits per heavy atom. The number of hydrogen-bond donors (Lipinski definition) is 2. The lowest BCUT2D eigenvalue weighted by Gasteiger charge is -2.32. The van der Waals surface area contributed by atoms with Gasteiger partial charge in [-0.3, -0.25) is 0 Å². The van der Waals surface area contributed by atoms with Crippen molar-refractivity contribution in [3.05, 3.63) is 77.9 Å². The van der Waals surface area contributed by atoms with E-state index in [1.54, 1.807) is 7.11 Å². The van der Waals surface area contributed by atoms with Crippen molar-refractivity contribution < 1.29 is 4.74 Å². The van der Waals surface area contributed by atoms with E-state index in [1.807, 2.05) is 16.8 Å². The second kappa shape index (κ2) is 6.56. The fraction of sp³-hybridized carbons (Fsp3) is 0.182. The summed E-state index contributed by atoms with van der Waals surface area (Å²) in [6.45, 7) is 0. The van der Waals surface area contributed by atoms with E-state index in [4.69, 9.17) is 10.5 Å². The van der Waals surface area contributed by atoms with Gasteiger partial charge in [-0.2, -0.15) is 4.98 Å². The summed E-state index contributed by atoms with van der Waals surface area (Å²) in [6, 6.07) is 23.1. The van der Waals surface area contributed by atoms with Crippen LogP contribution in [-0.2, 0) is 0 Å². The molecular weight excluding hydrogens is 350 g/mol. The number of nitrogens with one attached hydrogen (secondary N) is 1. The van der Waals surface area contributed by atoms with Crippen molar-refractivity contribution in [1.29, 1.82) is 0 Å². The molecule has 0 aliphatic carbocycles. The van der Waals surface area contributed by atoms with Gasteiger partial charge >= 0.3 is 0 Å². The second-order valence-electron chi connectivity index (χ2n) is 7.03. The van der Waals surface area contributed by atoms with Crippen LogP contribution in [0.3, 0.4) is 0 Å². The highest BCUT2D eigenvalue weighted by Gasteiger charge is 2.31. The Kier molecular flexibility index (Phi) is 3.90. The van der Waals surface area contributed by atoms with Crippen molar-refractivity contribution in [3.8, 4) is 5.75 Å². The molecule has 0 fully saturated rings. The van der Waals surface area contributed by atoms with E-state index < -0.39 is 0 Å². The monoisotopic (exact) mass is 371 g/mol. The summed E-state index contributed by atoms with van der Waals surface area (Å²) in [5.74, 6) is 1.82.